The van der Waals surface area contributed by atoms with Crippen LogP contribution in [0.15, 0.2) is 47.1 Å². The first kappa shape index (κ1) is 17.5. The number of carbonyl (C=O) groups is 2. The second-order valence-electron chi connectivity index (χ2n) is 5.75. The van der Waals surface area contributed by atoms with Crippen molar-refractivity contribution in [3.8, 4) is 0 Å². The van der Waals surface area contributed by atoms with Gasteiger partial charge < -0.3 is 20.8 Å². The van der Waals surface area contributed by atoms with Gasteiger partial charge in [-0.15, -0.1) is 11.8 Å². The van der Waals surface area contributed by atoms with Crippen molar-refractivity contribution in [2.45, 2.75) is 30.4 Å². The van der Waals surface area contributed by atoms with Crippen LogP contribution in [0, 0.1) is 6.92 Å². The lowest BCUT2D eigenvalue weighted by atomic mass is 10.1. The van der Waals surface area contributed by atoms with Gasteiger partial charge in [0.25, 0.3) is 5.91 Å². The molecule has 1 aliphatic heterocycles. The lowest BCUT2D eigenvalue weighted by molar-refractivity contribution is -0.125. The summed E-state index contributed by atoms with van der Waals surface area (Å²) in [6.45, 7) is 2.05. The molecule has 1 aromatic heterocycles. The van der Waals surface area contributed by atoms with Crippen molar-refractivity contribution in [3.63, 3.8) is 0 Å². The Morgan fingerprint density at radius 1 is 1.32 bits per heavy atom. The van der Waals surface area contributed by atoms with Crippen molar-refractivity contribution in [2.75, 3.05) is 0 Å². The molecule has 2 heterocycles. The predicted molar refractivity (Wildman–Crippen MR) is 95.5 cm³/mol. The summed E-state index contributed by atoms with van der Waals surface area (Å²) < 4.78 is 5.02. The summed E-state index contributed by atoms with van der Waals surface area (Å²) >= 11 is 1.54. The SMILES string of the molecule is Cc1ccccc1CSC1NC(=O)C(NC(=O)c2ccco2)C(N)N1. The third-order valence-electron chi connectivity index (χ3n) is 3.96. The van der Waals surface area contributed by atoms with Crippen molar-refractivity contribution in [3.05, 3.63) is 59.5 Å². The molecule has 0 spiro atoms. The molecule has 0 bridgehead atoms. The third-order valence-corrected chi connectivity index (χ3v) is 5.02. The average molecular weight is 360 g/mol. The van der Waals surface area contributed by atoms with Gasteiger partial charge in [0.05, 0.1) is 12.4 Å². The van der Waals surface area contributed by atoms with E-state index in [1.165, 1.54) is 35.2 Å². The zero-order chi connectivity index (χ0) is 17.8. The molecule has 0 aliphatic carbocycles. The molecule has 3 rings (SSSR count). The molecule has 3 unspecified atom stereocenters. The van der Waals surface area contributed by atoms with Crippen LogP contribution in [0.3, 0.4) is 0 Å². The van der Waals surface area contributed by atoms with E-state index in [1.54, 1.807) is 6.07 Å². The summed E-state index contributed by atoms with van der Waals surface area (Å²) in [5.74, 6) is 0.0683. The first-order chi connectivity index (χ1) is 12.0. The molecule has 2 aromatic rings. The number of hydrogen-bond acceptors (Lipinski definition) is 6. The lowest BCUT2D eigenvalue weighted by Crippen LogP contribution is -2.70. The Kier molecular flexibility index (Phi) is 5.42. The molecule has 25 heavy (non-hydrogen) atoms. The van der Waals surface area contributed by atoms with Crippen LogP contribution in [-0.4, -0.2) is 29.5 Å². The van der Waals surface area contributed by atoms with E-state index in [1.807, 2.05) is 12.1 Å². The maximum absolute atomic E-state index is 12.3. The van der Waals surface area contributed by atoms with Gasteiger partial charge in [0.1, 0.15) is 11.5 Å². The fourth-order valence-electron chi connectivity index (χ4n) is 2.51. The highest BCUT2D eigenvalue weighted by atomic mass is 32.2. The number of aryl methyl sites for hydroxylation is 1. The predicted octanol–water partition coefficient (Wildman–Crippen LogP) is 0.908. The van der Waals surface area contributed by atoms with Gasteiger partial charge in [0.15, 0.2) is 5.76 Å². The Hall–Kier alpha value is -2.29. The summed E-state index contributed by atoms with van der Waals surface area (Å²) in [6.07, 6.45) is 0.703. The zero-order valence-electron chi connectivity index (χ0n) is 13.7. The molecule has 1 saturated heterocycles. The van der Waals surface area contributed by atoms with E-state index in [0.29, 0.717) is 0 Å². The standard InChI is InChI=1S/C17H20N4O3S/c1-10-5-2-3-6-11(10)9-25-17-20-14(18)13(16(23)21-17)19-15(22)12-7-4-8-24-12/h2-8,13-14,17,20H,9,18H2,1H3,(H,19,22)(H,21,23). The Morgan fingerprint density at radius 2 is 2.12 bits per heavy atom. The smallest absolute Gasteiger partial charge is 0.287 e. The third kappa shape index (κ3) is 4.22. The molecule has 3 atom stereocenters. The van der Waals surface area contributed by atoms with E-state index in [2.05, 4.69) is 35.0 Å². The van der Waals surface area contributed by atoms with E-state index in [-0.39, 0.29) is 17.2 Å². The highest BCUT2D eigenvalue weighted by Crippen LogP contribution is 2.19. The molecule has 1 aliphatic rings. The first-order valence-corrected chi connectivity index (χ1v) is 8.92. The lowest BCUT2D eigenvalue weighted by Gasteiger charge is -2.35. The van der Waals surface area contributed by atoms with Crippen molar-refractivity contribution in [1.82, 2.24) is 16.0 Å². The first-order valence-electron chi connectivity index (χ1n) is 7.87. The summed E-state index contributed by atoms with van der Waals surface area (Å²) in [5.41, 5.74) is 8.11. The fourth-order valence-corrected chi connectivity index (χ4v) is 3.63. The number of nitrogens with two attached hydrogens (primary N) is 1. The number of rotatable bonds is 5. The van der Waals surface area contributed by atoms with Crippen molar-refractivity contribution >= 4 is 23.6 Å². The van der Waals surface area contributed by atoms with Gasteiger partial charge in [0.2, 0.25) is 5.91 Å². The van der Waals surface area contributed by atoms with Gasteiger partial charge in [0, 0.05) is 5.75 Å². The van der Waals surface area contributed by atoms with Gasteiger partial charge in [-0.25, -0.2) is 0 Å². The topological polar surface area (TPSA) is 109 Å². The molecule has 1 aromatic carbocycles. The number of nitrogens with one attached hydrogen (secondary N) is 3. The van der Waals surface area contributed by atoms with Gasteiger partial charge >= 0.3 is 0 Å². The summed E-state index contributed by atoms with van der Waals surface area (Å²) in [4.78, 5) is 24.3. The second kappa shape index (κ2) is 7.73. The number of carbonyl (C=O) groups excluding carboxylic acids is 2. The number of furan rings is 1. The van der Waals surface area contributed by atoms with Crippen molar-refractivity contribution in [2.24, 2.45) is 5.73 Å². The number of hydrogen-bond donors (Lipinski definition) is 4. The van der Waals surface area contributed by atoms with Gasteiger partial charge in [-0.2, -0.15) is 0 Å². The highest BCUT2D eigenvalue weighted by Gasteiger charge is 2.35. The Bertz CT molecular complexity index is 750. The van der Waals surface area contributed by atoms with Crippen molar-refractivity contribution in [1.29, 1.82) is 0 Å². The maximum Gasteiger partial charge on any atom is 0.287 e. The molecule has 0 saturated carbocycles. The average Bonchev–Trinajstić information content (AvgIpc) is 3.12. The van der Waals surface area contributed by atoms with E-state index in [0.717, 1.165) is 5.75 Å². The quantitative estimate of drug-likeness (QED) is 0.631. The van der Waals surface area contributed by atoms with E-state index >= 15 is 0 Å². The van der Waals surface area contributed by atoms with Crippen LogP contribution < -0.4 is 21.7 Å². The molecule has 7 nitrogen and oxygen atoms in total. The second-order valence-corrected chi connectivity index (χ2v) is 6.84. The van der Waals surface area contributed by atoms with Gasteiger partial charge in [-0.3, -0.25) is 14.9 Å². The summed E-state index contributed by atoms with van der Waals surface area (Å²) in [7, 11) is 0. The van der Waals surface area contributed by atoms with Crippen LogP contribution in [0.4, 0.5) is 0 Å². The minimum absolute atomic E-state index is 0.135. The van der Waals surface area contributed by atoms with Crippen LogP contribution in [0.5, 0.6) is 0 Å². The van der Waals surface area contributed by atoms with Gasteiger partial charge in [-0.1, -0.05) is 24.3 Å². The van der Waals surface area contributed by atoms with Crippen LogP contribution >= 0.6 is 11.8 Å². The van der Waals surface area contributed by atoms with E-state index < -0.39 is 18.1 Å². The van der Waals surface area contributed by atoms with E-state index in [9.17, 15) is 9.59 Å². The summed E-state index contributed by atoms with van der Waals surface area (Å²) in [5, 5.41) is 8.51. The van der Waals surface area contributed by atoms with Crippen molar-refractivity contribution < 1.29 is 14.0 Å². The molecular formula is C17H20N4O3S. The monoisotopic (exact) mass is 360 g/mol. The normalized spacial score (nSPS) is 23.1. The minimum Gasteiger partial charge on any atom is -0.459 e. The number of thioether (sulfide) groups is 1. The number of amides is 2. The van der Waals surface area contributed by atoms with Crippen LogP contribution in [0.2, 0.25) is 0 Å². The van der Waals surface area contributed by atoms with E-state index in [4.69, 9.17) is 10.2 Å². The summed E-state index contributed by atoms with van der Waals surface area (Å²) in [6, 6.07) is 10.3. The molecule has 132 valence electrons. The van der Waals surface area contributed by atoms with Crippen LogP contribution in [-0.2, 0) is 10.5 Å². The Morgan fingerprint density at radius 3 is 2.80 bits per heavy atom. The minimum atomic E-state index is -0.868. The molecule has 5 N–H and O–H groups in total. The number of benzene rings is 1. The van der Waals surface area contributed by atoms with Crippen LogP contribution in [0.1, 0.15) is 21.7 Å². The largest absolute Gasteiger partial charge is 0.459 e. The molecule has 2 amide bonds. The van der Waals surface area contributed by atoms with Gasteiger partial charge in [-0.05, 0) is 30.2 Å². The fraction of sp³-hybridized carbons (Fsp3) is 0.294. The Labute approximate surface area is 149 Å². The molecule has 0 radical (unpaired) electrons. The molecule has 8 heteroatoms. The zero-order valence-corrected chi connectivity index (χ0v) is 14.5. The highest BCUT2D eigenvalue weighted by molar-refractivity contribution is 7.99. The Balaban J connectivity index is 1.56. The molecule has 1 fully saturated rings. The molecular weight excluding hydrogens is 340 g/mol. The maximum atomic E-state index is 12.3. The van der Waals surface area contributed by atoms with Crippen LogP contribution in [0.25, 0.3) is 0 Å².